The van der Waals surface area contributed by atoms with Gasteiger partial charge < -0.3 is 10.8 Å². The maximum absolute atomic E-state index is 9.10. The maximum Gasteiger partial charge on any atom is 0.0437 e. The molecule has 0 radical (unpaired) electrons. The molecule has 0 amide bonds. The minimum absolute atomic E-state index is 0.152. The lowest BCUT2D eigenvalue weighted by Gasteiger charge is -2.57. The van der Waals surface area contributed by atoms with Gasteiger partial charge in [-0.05, 0) is 50.4 Å². The Morgan fingerprint density at radius 2 is 1.93 bits per heavy atom. The summed E-state index contributed by atoms with van der Waals surface area (Å²) in [6.45, 7) is 9.01. The third-order valence-corrected chi connectivity index (χ3v) is 4.21. The van der Waals surface area contributed by atoms with Crippen LogP contribution in [-0.2, 0) is 0 Å². The Bertz CT molecular complexity index is 187. The molecular formula is C12H25NO. The third kappa shape index (κ3) is 1.96. The van der Waals surface area contributed by atoms with Crippen molar-refractivity contribution in [1.29, 1.82) is 0 Å². The molecule has 0 heterocycles. The van der Waals surface area contributed by atoms with Crippen molar-refractivity contribution in [1.82, 2.24) is 0 Å². The highest BCUT2D eigenvalue weighted by Gasteiger charge is 2.52. The van der Waals surface area contributed by atoms with Gasteiger partial charge in [0.15, 0.2) is 0 Å². The summed E-state index contributed by atoms with van der Waals surface area (Å²) in [5, 5.41) is 9.10. The molecule has 1 rings (SSSR count). The van der Waals surface area contributed by atoms with Crippen LogP contribution in [0.1, 0.15) is 47.0 Å². The van der Waals surface area contributed by atoms with E-state index in [1.165, 1.54) is 12.8 Å². The number of aliphatic hydroxyl groups excluding tert-OH is 1. The zero-order valence-electron chi connectivity index (χ0n) is 10.0. The highest BCUT2D eigenvalue weighted by Crippen LogP contribution is 2.56. The molecule has 2 heteroatoms. The van der Waals surface area contributed by atoms with Crippen LogP contribution in [0.15, 0.2) is 0 Å². The van der Waals surface area contributed by atoms with Gasteiger partial charge in [-0.2, -0.15) is 0 Å². The van der Waals surface area contributed by atoms with Crippen LogP contribution in [0.4, 0.5) is 0 Å². The summed E-state index contributed by atoms with van der Waals surface area (Å²) in [6, 6.07) is 0. The van der Waals surface area contributed by atoms with Gasteiger partial charge in [0.05, 0.1) is 0 Å². The average molecular weight is 199 g/mol. The smallest absolute Gasteiger partial charge is 0.0437 e. The zero-order valence-corrected chi connectivity index (χ0v) is 10.0. The van der Waals surface area contributed by atoms with Gasteiger partial charge >= 0.3 is 0 Å². The lowest BCUT2D eigenvalue weighted by molar-refractivity contribution is -0.0497. The molecule has 0 atom stereocenters. The Morgan fingerprint density at radius 3 is 2.21 bits per heavy atom. The van der Waals surface area contributed by atoms with Gasteiger partial charge in [-0.1, -0.05) is 13.8 Å². The molecule has 0 aromatic heterocycles. The van der Waals surface area contributed by atoms with Crippen molar-refractivity contribution in [2.45, 2.75) is 52.5 Å². The van der Waals surface area contributed by atoms with Gasteiger partial charge in [0.2, 0.25) is 0 Å². The van der Waals surface area contributed by atoms with E-state index >= 15 is 0 Å². The molecular weight excluding hydrogens is 174 g/mol. The summed E-state index contributed by atoms with van der Waals surface area (Å²) in [6.07, 6.45) is 3.24. The number of aliphatic hydroxyl groups is 1. The van der Waals surface area contributed by atoms with E-state index in [1.807, 2.05) is 0 Å². The fourth-order valence-corrected chi connectivity index (χ4v) is 2.68. The zero-order chi connectivity index (χ0) is 11.0. The van der Waals surface area contributed by atoms with Crippen molar-refractivity contribution in [3.63, 3.8) is 0 Å². The van der Waals surface area contributed by atoms with Crippen LogP contribution in [0.2, 0.25) is 0 Å². The second kappa shape index (κ2) is 3.82. The van der Waals surface area contributed by atoms with Crippen molar-refractivity contribution >= 4 is 0 Å². The number of rotatable bonds is 4. The molecule has 0 aliphatic heterocycles. The van der Waals surface area contributed by atoms with Crippen molar-refractivity contribution < 1.29 is 5.11 Å². The Morgan fingerprint density at radius 1 is 1.43 bits per heavy atom. The molecule has 1 saturated carbocycles. The monoisotopic (exact) mass is 199 g/mol. The van der Waals surface area contributed by atoms with E-state index in [1.54, 1.807) is 0 Å². The van der Waals surface area contributed by atoms with Crippen molar-refractivity contribution in [2.75, 3.05) is 6.61 Å². The van der Waals surface area contributed by atoms with E-state index < -0.39 is 0 Å². The second-order valence-corrected chi connectivity index (χ2v) is 5.89. The first-order valence-electron chi connectivity index (χ1n) is 5.72. The van der Waals surface area contributed by atoms with Crippen molar-refractivity contribution in [2.24, 2.45) is 23.0 Å². The van der Waals surface area contributed by atoms with Crippen molar-refractivity contribution in [3.05, 3.63) is 0 Å². The van der Waals surface area contributed by atoms with Gasteiger partial charge in [-0.25, -0.2) is 0 Å². The Hall–Kier alpha value is -0.0800. The van der Waals surface area contributed by atoms with E-state index in [4.69, 9.17) is 10.8 Å². The van der Waals surface area contributed by atoms with E-state index in [9.17, 15) is 0 Å². The molecule has 1 fully saturated rings. The lowest BCUT2D eigenvalue weighted by Crippen LogP contribution is -2.58. The molecule has 0 unspecified atom stereocenters. The average Bonchev–Trinajstić information content (AvgIpc) is 1.91. The lowest BCUT2D eigenvalue weighted by atomic mass is 9.50. The highest BCUT2D eigenvalue weighted by atomic mass is 16.3. The van der Waals surface area contributed by atoms with Gasteiger partial charge in [0.25, 0.3) is 0 Å². The predicted molar refractivity (Wildman–Crippen MR) is 60.0 cm³/mol. The first-order valence-corrected chi connectivity index (χ1v) is 5.72. The van der Waals surface area contributed by atoms with Gasteiger partial charge in [0, 0.05) is 12.1 Å². The minimum Gasteiger partial charge on any atom is -0.396 e. The molecule has 2 nitrogen and oxygen atoms in total. The quantitative estimate of drug-likeness (QED) is 0.729. The topological polar surface area (TPSA) is 46.2 Å². The third-order valence-electron chi connectivity index (χ3n) is 4.21. The van der Waals surface area contributed by atoms with Crippen LogP contribution in [-0.4, -0.2) is 17.3 Å². The summed E-state index contributed by atoms with van der Waals surface area (Å²) >= 11 is 0. The molecule has 0 bridgehead atoms. The first kappa shape index (κ1) is 12.0. The standard InChI is InChI=1S/C12H25NO/c1-9(2)10-7-12(8-10,5-6-14)11(3,4)13/h9-10,14H,5-8,13H2,1-4H3. The fraction of sp³-hybridized carbons (Fsp3) is 1.00. The van der Waals surface area contributed by atoms with Gasteiger partial charge in [-0.3, -0.25) is 0 Å². The Labute approximate surface area is 87.9 Å². The highest BCUT2D eigenvalue weighted by molar-refractivity contribution is 5.05. The van der Waals surface area contributed by atoms with Crippen LogP contribution in [0.3, 0.4) is 0 Å². The number of hydrogen-bond donors (Lipinski definition) is 2. The summed E-state index contributed by atoms with van der Waals surface area (Å²) in [7, 11) is 0. The Balaban J connectivity index is 2.62. The van der Waals surface area contributed by atoms with E-state index in [-0.39, 0.29) is 17.6 Å². The van der Waals surface area contributed by atoms with E-state index in [2.05, 4.69) is 27.7 Å². The normalized spacial score (nSPS) is 33.2. The molecule has 14 heavy (non-hydrogen) atoms. The molecule has 0 aromatic rings. The fourth-order valence-electron chi connectivity index (χ4n) is 2.68. The molecule has 3 N–H and O–H groups in total. The van der Waals surface area contributed by atoms with Crippen LogP contribution in [0.25, 0.3) is 0 Å². The molecule has 1 aliphatic rings. The van der Waals surface area contributed by atoms with Crippen LogP contribution >= 0.6 is 0 Å². The summed E-state index contributed by atoms with van der Waals surface area (Å²) in [5.74, 6) is 1.56. The van der Waals surface area contributed by atoms with Crippen LogP contribution < -0.4 is 5.73 Å². The van der Waals surface area contributed by atoms with Gasteiger partial charge in [0.1, 0.15) is 0 Å². The molecule has 0 spiro atoms. The molecule has 84 valence electrons. The molecule has 0 saturated heterocycles. The Kier molecular flexibility index (Phi) is 3.27. The minimum atomic E-state index is -0.152. The summed E-state index contributed by atoms with van der Waals surface area (Å²) in [5.41, 5.74) is 6.25. The second-order valence-electron chi connectivity index (χ2n) is 5.89. The summed E-state index contributed by atoms with van der Waals surface area (Å²) < 4.78 is 0. The van der Waals surface area contributed by atoms with Crippen molar-refractivity contribution in [3.8, 4) is 0 Å². The van der Waals surface area contributed by atoms with Crippen LogP contribution in [0.5, 0.6) is 0 Å². The van der Waals surface area contributed by atoms with E-state index in [0.29, 0.717) is 0 Å². The first-order chi connectivity index (χ1) is 6.32. The summed E-state index contributed by atoms with van der Waals surface area (Å²) in [4.78, 5) is 0. The number of hydrogen-bond acceptors (Lipinski definition) is 2. The largest absolute Gasteiger partial charge is 0.396 e. The van der Waals surface area contributed by atoms with Gasteiger partial charge in [-0.15, -0.1) is 0 Å². The molecule has 1 aliphatic carbocycles. The predicted octanol–water partition coefficient (Wildman–Crippen LogP) is 2.16. The number of nitrogens with two attached hydrogens (primary N) is 1. The van der Waals surface area contributed by atoms with E-state index in [0.717, 1.165) is 18.3 Å². The SMILES string of the molecule is CC(C)C1CC(CCO)(C(C)(C)N)C1. The van der Waals surface area contributed by atoms with Crippen LogP contribution in [0, 0.1) is 17.3 Å². The molecule has 0 aromatic carbocycles. The maximum atomic E-state index is 9.10.